The van der Waals surface area contributed by atoms with E-state index in [2.05, 4.69) is 10.0 Å². The first-order valence-electron chi connectivity index (χ1n) is 10.6. The minimum absolute atomic E-state index is 0.131. The fraction of sp³-hybridized carbons (Fsp3) is 0.240. The number of sulfonamides is 1. The highest BCUT2D eigenvalue weighted by Crippen LogP contribution is 2.27. The molecule has 2 N–H and O–H groups in total. The Labute approximate surface area is 199 Å². The van der Waals surface area contributed by atoms with Crippen LogP contribution in [0, 0.1) is 6.92 Å². The summed E-state index contributed by atoms with van der Waals surface area (Å²) in [7, 11) is -0.578. The van der Waals surface area contributed by atoms with Crippen LogP contribution < -0.4 is 24.2 Å². The van der Waals surface area contributed by atoms with Gasteiger partial charge < -0.3 is 19.5 Å². The van der Waals surface area contributed by atoms with E-state index in [1.165, 1.54) is 12.1 Å². The van der Waals surface area contributed by atoms with Gasteiger partial charge in [-0.15, -0.1) is 0 Å². The molecule has 0 fully saturated rings. The Bertz CT molecular complexity index is 1230. The van der Waals surface area contributed by atoms with Crippen molar-refractivity contribution in [2.24, 2.45) is 0 Å². The van der Waals surface area contributed by atoms with Crippen LogP contribution in [0.3, 0.4) is 0 Å². The van der Waals surface area contributed by atoms with Gasteiger partial charge in [0, 0.05) is 13.1 Å². The zero-order valence-corrected chi connectivity index (χ0v) is 20.1. The summed E-state index contributed by atoms with van der Waals surface area (Å²) in [5.74, 6) is 1.31. The number of hydrogen-bond donors (Lipinski definition) is 2. The number of ether oxygens (including phenoxy) is 3. The molecule has 3 aromatic carbocycles. The van der Waals surface area contributed by atoms with Crippen molar-refractivity contribution in [3.05, 3.63) is 83.4 Å². The van der Waals surface area contributed by atoms with Crippen LogP contribution in [-0.4, -0.2) is 35.2 Å². The standard InChI is InChI=1S/C25H28N2O6S/c1-18-13-21(34(29,30)27-16-19-7-5-4-6-8-19)10-12-22(18)33-17-25(28)26-15-20-9-11-23(31-2)24(14-20)32-3/h4-14,27H,15-17H2,1-3H3,(H,26,28). The number of hydrogen-bond acceptors (Lipinski definition) is 6. The highest BCUT2D eigenvalue weighted by atomic mass is 32.2. The molecule has 0 saturated heterocycles. The van der Waals surface area contributed by atoms with Gasteiger partial charge >= 0.3 is 0 Å². The van der Waals surface area contributed by atoms with Gasteiger partial charge in [0.25, 0.3) is 5.91 Å². The van der Waals surface area contributed by atoms with Crippen molar-refractivity contribution < 1.29 is 27.4 Å². The second-order valence-corrected chi connectivity index (χ2v) is 9.26. The topological polar surface area (TPSA) is 103 Å². The van der Waals surface area contributed by atoms with E-state index < -0.39 is 10.0 Å². The number of benzene rings is 3. The fourth-order valence-corrected chi connectivity index (χ4v) is 4.30. The molecule has 34 heavy (non-hydrogen) atoms. The first-order chi connectivity index (χ1) is 16.3. The molecule has 180 valence electrons. The number of amides is 1. The lowest BCUT2D eigenvalue weighted by atomic mass is 10.2. The van der Waals surface area contributed by atoms with Gasteiger partial charge in [-0.2, -0.15) is 0 Å². The molecule has 0 atom stereocenters. The predicted octanol–water partition coefficient (Wildman–Crippen LogP) is 3.19. The molecule has 0 radical (unpaired) electrons. The van der Waals surface area contributed by atoms with Crippen LogP contribution >= 0.6 is 0 Å². The van der Waals surface area contributed by atoms with E-state index in [-0.39, 0.29) is 24.0 Å². The average Bonchev–Trinajstić information content (AvgIpc) is 2.85. The number of nitrogens with one attached hydrogen (secondary N) is 2. The molecule has 0 aliphatic rings. The summed E-state index contributed by atoms with van der Waals surface area (Å²) in [5.41, 5.74) is 2.32. The molecule has 0 aliphatic heterocycles. The van der Waals surface area contributed by atoms with Crippen molar-refractivity contribution in [3.8, 4) is 17.2 Å². The molecule has 0 bridgehead atoms. The highest BCUT2D eigenvalue weighted by Gasteiger charge is 2.16. The van der Waals surface area contributed by atoms with Gasteiger partial charge in [-0.05, 0) is 53.9 Å². The smallest absolute Gasteiger partial charge is 0.258 e. The van der Waals surface area contributed by atoms with Crippen molar-refractivity contribution >= 4 is 15.9 Å². The maximum absolute atomic E-state index is 12.6. The lowest BCUT2D eigenvalue weighted by Gasteiger charge is -2.13. The van der Waals surface area contributed by atoms with E-state index in [4.69, 9.17) is 14.2 Å². The molecule has 0 spiro atoms. The molecule has 0 aromatic heterocycles. The third-order valence-electron chi connectivity index (χ3n) is 5.06. The van der Waals surface area contributed by atoms with E-state index in [0.29, 0.717) is 29.4 Å². The lowest BCUT2D eigenvalue weighted by Crippen LogP contribution is -2.28. The molecular formula is C25H28N2O6S. The predicted molar refractivity (Wildman–Crippen MR) is 129 cm³/mol. The summed E-state index contributed by atoms with van der Waals surface area (Å²) < 4.78 is 43.9. The molecule has 0 heterocycles. The van der Waals surface area contributed by atoms with E-state index in [0.717, 1.165) is 11.1 Å². The molecule has 0 saturated carbocycles. The second-order valence-electron chi connectivity index (χ2n) is 7.49. The van der Waals surface area contributed by atoms with E-state index in [9.17, 15) is 13.2 Å². The van der Waals surface area contributed by atoms with Crippen molar-refractivity contribution in [3.63, 3.8) is 0 Å². The fourth-order valence-electron chi connectivity index (χ4n) is 3.19. The third kappa shape index (κ3) is 6.72. The van der Waals surface area contributed by atoms with Crippen LogP contribution in [0.15, 0.2) is 71.6 Å². The molecule has 0 unspecified atom stereocenters. The SMILES string of the molecule is COc1ccc(CNC(=O)COc2ccc(S(=O)(=O)NCc3ccccc3)cc2C)cc1OC. The Balaban J connectivity index is 1.53. The van der Waals surface area contributed by atoms with Crippen LogP contribution in [0.5, 0.6) is 17.2 Å². The number of aryl methyl sites for hydroxylation is 1. The maximum atomic E-state index is 12.6. The van der Waals surface area contributed by atoms with Gasteiger partial charge in [0.05, 0.1) is 19.1 Å². The van der Waals surface area contributed by atoms with E-state index >= 15 is 0 Å². The average molecular weight is 485 g/mol. The monoisotopic (exact) mass is 484 g/mol. The van der Waals surface area contributed by atoms with Gasteiger partial charge in [0.15, 0.2) is 18.1 Å². The maximum Gasteiger partial charge on any atom is 0.258 e. The lowest BCUT2D eigenvalue weighted by molar-refractivity contribution is -0.123. The van der Waals surface area contributed by atoms with Crippen molar-refractivity contribution in [2.75, 3.05) is 20.8 Å². The van der Waals surface area contributed by atoms with Crippen LogP contribution in [0.1, 0.15) is 16.7 Å². The van der Waals surface area contributed by atoms with Crippen LogP contribution in [0.25, 0.3) is 0 Å². The zero-order chi connectivity index (χ0) is 24.6. The summed E-state index contributed by atoms with van der Waals surface area (Å²) >= 11 is 0. The zero-order valence-electron chi connectivity index (χ0n) is 19.3. The Hall–Kier alpha value is -3.56. The van der Waals surface area contributed by atoms with Gasteiger partial charge in [-0.1, -0.05) is 36.4 Å². The number of carbonyl (C=O) groups excluding carboxylic acids is 1. The van der Waals surface area contributed by atoms with Crippen molar-refractivity contribution in [1.82, 2.24) is 10.0 Å². The molecule has 8 nitrogen and oxygen atoms in total. The number of carbonyl (C=O) groups is 1. The van der Waals surface area contributed by atoms with Gasteiger partial charge in [0.2, 0.25) is 10.0 Å². The third-order valence-corrected chi connectivity index (χ3v) is 6.46. The summed E-state index contributed by atoms with van der Waals surface area (Å²) in [5, 5.41) is 2.78. The quantitative estimate of drug-likeness (QED) is 0.433. The van der Waals surface area contributed by atoms with Crippen LogP contribution in [0.2, 0.25) is 0 Å². The van der Waals surface area contributed by atoms with E-state index in [1.54, 1.807) is 39.3 Å². The second kappa shape index (κ2) is 11.5. The normalized spacial score (nSPS) is 11.0. The van der Waals surface area contributed by atoms with Gasteiger partial charge in [0.1, 0.15) is 5.75 Å². The van der Waals surface area contributed by atoms with Crippen molar-refractivity contribution in [1.29, 1.82) is 0 Å². The summed E-state index contributed by atoms with van der Waals surface area (Å²) in [6, 6.07) is 19.2. The largest absolute Gasteiger partial charge is 0.493 e. The van der Waals surface area contributed by atoms with Gasteiger partial charge in [-0.25, -0.2) is 13.1 Å². The molecule has 3 aromatic rings. The Morgan fingerprint density at radius 1 is 0.824 bits per heavy atom. The minimum Gasteiger partial charge on any atom is -0.493 e. The molecule has 0 aliphatic carbocycles. The summed E-state index contributed by atoms with van der Waals surface area (Å²) in [6.45, 7) is 2.02. The summed E-state index contributed by atoms with van der Waals surface area (Å²) in [6.07, 6.45) is 0. The van der Waals surface area contributed by atoms with Crippen molar-refractivity contribution in [2.45, 2.75) is 24.9 Å². The van der Waals surface area contributed by atoms with Crippen LogP contribution in [-0.2, 0) is 27.9 Å². The number of rotatable bonds is 11. The molecular weight excluding hydrogens is 456 g/mol. The first-order valence-corrected chi connectivity index (χ1v) is 12.1. The Morgan fingerprint density at radius 3 is 2.21 bits per heavy atom. The Kier molecular flexibility index (Phi) is 8.50. The number of methoxy groups -OCH3 is 2. The first kappa shape index (κ1) is 25.1. The van der Waals surface area contributed by atoms with Gasteiger partial charge in [-0.3, -0.25) is 4.79 Å². The molecule has 1 amide bonds. The van der Waals surface area contributed by atoms with E-state index in [1.807, 2.05) is 36.4 Å². The highest BCUT2D eigenvalue weighted by molar-refractivity contribution is 7.89. The Morgan fingerprint density at radius 2 is 1.53 bits per heavy atom. The molecule has 9 heteroatoms. The molecule has 3 rings (SSSR count). The minimum atomic E-state index is -3.68. The summed E-state index contributed by atoms with van der Waals surface area (Å²) in [4.78, 5) is 12.4. The van der Waals surface area contributed by atoms with Crippen LogP contribution in [0.4, 0.5) is 0 Å².